The highest BCUT2D eigenvalue weighted by molar-refractivity contribution is 7.22. The van der Waals surface area contributed by atoms with E-state index in [1.54, 1.807) is 11.0 Å². The fourth-order valence-corrected chi connectivity index (χ4v) is 3.74. The number of para-hydroxylation sites is 1. The molecule has 0 fully saturated rings. The van der Waals surface area contributed by atoms with Crippen molar-refractivity contribution in [1.82, 2.24) is 9.88 Å². The van der Waals surface area contributed by atoms with Crippen LogP contribution in [0.1, 0.15) is 12.5 Å². The van der Waals surface area contributed by atoms with E-state index in [1.165, 1.54) is 11.3 Å². The third kappa shape index (κ3) is 6.03. The molecule has 0 unspecified atom stereocenters. The summed E-state index contributed by atoms with van der Waals surface area (Å²) in [4.78, 5) is 21.5. The first kappa shape index (κ1) is 22.9. The highest BCUT2D eigenvalue weighted by Gasteiger charge is 2.19. The third-order valence-corrected chi connectivity index (χ3v) is 5.20. The van der Waals surface area contributed by atoms with Crippen LogP contribution in [0.25, 0.3) is 16.3 Å². The fourth-order valence-electron chi connectivity index (χ4n) is 2.72. The largest absolute Gasteiger partial charge is 0.492 e. The van der Waals surface area contributed by atoms with Crippen molar-refractivity contribution in [2.75, 3.05) is 38.7 Å². The van der Waals surface area contributed by atoms with Gasteiger partial charge in [0.05, 0.1) is 11.3 Å². The van der Waals surface area contributed by atoms with Gasteiger partial charge in [-0.3, -0.25) is 9.69 Å². The Bertz CT molecular complexity index is 957. The van der Waals surface area contributed by atoms with Crippen LogP contribution in [0, 0.1) is 0 Å². The Balaban J connectivity index is 0.00000300. The molecule has 0 aliphatic carbocycles. The molecule has 0 spiro atoms. The van der Waals surface area contributed by atoms with Gasteiger partial charge in [-0.1, -0.05) is 47.7 Å². The van der Waals surface area contributed by atoms with E-state index >= 15 is 0 Å². The molecule has 1 aromatic heterocycles. The molecular formula is C22H26ClN3O2S. The van der Waals surface area contributed by atoms with Crippen molar-refractivity contribution < 1.29 is 9.53 Å². The second kappa shape index (κ2) is 11.0. The Morgan fingerprint density at radius 1 is 1.10 bits per heavy atom. The highest BCUT2D eigenvalue weighted by atomic mass is 35.5. The second-order valence-corrected chi connectivity index (χ2v) is 7.58. The minimum absolute atomic E-state index is 0. The third-order valence-electron chi connectivity index (χ3n) is 4.16. The predicted octanol–water partition coefficient (Wildman–Crippen LogP) is 4.72. The summed E-state index contributed by atoms with van der Waals surface area (Å²) in [5.74, 6) is 0.671. The lowest BCUT2D eigenvalue weighted by molar-refractivity contribution is -0.114. The van der Waals surface area contributed by atoms with Gasteiger partial charge in [0.2, 0.25) is 0 Å². The molecule has 0 N–H and O–H groups in total. The number of thiazole rings is 1. The van der Waals surface area contributed by atoms with Crippen molar-refractivity contribution >= 4 is 51.1 Å². The molecule has 5 nitrogen and oxygen atoms in total. The van der Waals surface area contributed by atoms with Crippen LogP contribution in [0.3, 0.4) is 0 Å². The lowest BCUT2D eigenvalue weighted by atomic mass is 10.2. The molecule has 0 saturated heterocycles. The van der Waals surface area contributed by atoms with Crippen molar-refractivity contribution in [2.24, 2.45) is 0 Å². The smallest absolute Gasteiger partial charge is 0.252 e. The molecule has 154 valence electrons. The molecule has 0 saturated carbocycles. The number of halogens is 1. The number of rotatable bonds is 8. The number of ether oxygens (including phenoxy) is 1. The summed E-state index contributed by atoms with van der Waals surface area (Å²) in [7, 11) is 3.99. The van der Waals surface area contributed by atoms with Crippen molar-refractivity contribution in [3.8, 4) is 5.75 Å². The Hall–Kier alpha value is -2.41. The van der Waals surface area contributed by atoms with Gasteiger partial charge in [0.25, 0.3) is 5.91 Å². The van der Waals surface area contributed by atoms with E-state index in [0.29, 0.717) is 18.3 Å². The molecule has 29 heavy (non-hydrogen) atoms. The number of fused-ring (bicyclic) bond motifs is 1. The van der Waals surface area contributed by atoms with Gasteiger partial charge in [0.1, 0.15) is 11.3 Å². The first-order valence-electron chi connectivity index (χ1n) is 9.30. The van der Waals surface area contributed by atoms with Crippen molar-refractivity contribution in [3.63, 3.8) is 0 Å². The number of aromatic nitrogens is 1. The average molecular weight is 432 g/mol. The number of likely N-dealkylation sites (N-methyl/N-ethyl adjacent to an activating group) is 1. The van der Waals surface area contributed by atoms with Crippen LogP contribution in [0.15, 0.2) is 54.6 Å². The quantitative estimate of drug-likeness (QED) is 0.484. The topological polar surface area (TPSA) is 45.7 Å². The van der Waals surface area contributed by atoms with Crippen LogP contribution in [0.4, 0.5) is 5.13 Å². The van der Waals surface area contributed by atoms with E-state index < -0.39 is 0 Å². The summed E-state index contributed by atoms with van der Waals surface area (Å²) in [5.41, 5.74) is 1.80. The normalized spacial score (nSPS) is 11.0. The molecular weight excluding hydrogens is 406 g/mol. The minimum Gasteiger partial charge on any atom is -0.492 e. The molecule has 0 aliphatic rings. The number of carbonyl (C=O) groups is 1. The molecule has 3 aromatic rings. The van der Waals surface area contributed by atoms with E-state index in [0.717, 1.165) is 28.1 Å². The molecule has 1 heterocycles. The zero-order valence-corrected chi connectivity index (χ0v) is 18.5. The Kier molecular flexibility index (Phi) is 8.64. The Morgan fingerprint density at radius 2 is 1.86 bits per heavy atom. The number of amides is 1. The molecule has 0 atom stereocenters. The van der Waals surface area contributed by atoms with Gasteiger partial charge >= 0.3 is 0 Å². The van der Waals surface area contributed by atoms with Crippen LogP contribution < -0.4 is 9.64 Å². The second-order valence-electron chi connectivity index (χ2n) is 6.57. The maximum Gasteiger partial charge on any atom is 0.252 e. The van der Waals surface area contributed by atoms with Crippen LogP contribution in [-0.4, -0.2) is 49.6 Å². The molecule has 0 aliphatic heterocycles. The van der Waals surface area contributed by atoms with Crippen molar-refractivity contribution in [2.45, 2.75) is 6.92 Å². The molecule has 0 bridgehead atoms. The number of nitrogens with zero attached hydrogens (tertiary/aromatic N) is 3. The summed E-state index contributed by atoms with van der Waals surface area (Å²) in [6, 6.07) is 15.7. The van der Waals surface area contributed by atoms with Gasteiger partial charge in [-0.25, -0.2) is 4.98 Å². The van der Waals surface area contributed by atoms with Gasteiger partial charge in [-0.15, -0.1) is 12.4 Å². The Morgan fingerprint density at radius 3 is 2.55 bits per heavy atom. The number of carbonyl (C=O) groups excluding carboxylic acids is 1. The number of hydrogen-bond acceptors (Lipinski definition) is 5. The van der Waals surface area contributed by atoms with Crippen LogP contribution in [-0.2, 0) is 4.79 Å². The van der Waals surface area contributed by atoms with E-state index in [2.05, 4.69) is 4.90 Å². The van der Waals surface area contributed by atoms with E-state index in [1.807, 2.05) is 75.6 Å². The first-order valence-corrected chi connectivity index (χ1v) is 10.1. The van der Waals surface area contributed by atoms with Gasteiger partial charge in [-0.05, 0) is 44.8 Å². The Labute approximate surface area is 182 Å². The van der Waals surface area contributed by atoms with Crippen LogP contribution in [0.2, 0.25) is 0 Å². The molecule has 7 heteroatoms. The summed E-state index contributed by atoms with van der Waals surface area (Å²) >= 11 is 1.51. The summed E-state index contributed by atoms with van der Waals surface area (Å²) in [6.45, 7) is 3.84. The van der Waals surface area contributed by atoms with Gasteiger partial charge in [-0.2, -0.15) is 0 Å². The lowest BCUT2D eigenvalue weighted by Crippen LogP contribution is -2.35. The molecule has 3 rings (SSSR count). The average Bonchev–Trinajstić information content (AvgIpc) is 3.12. The van der Waals surface area contributed by atoms with Gasteiger partial charge < -0.3 is 9.64 Å². The van der Waals surface area contributed by atoms with E-state index in [4.69, 9.17) is 9.72 Å². The summed E-state index contributed by atoms with van der Waals surface area (Å²) in [6.07, 6.45) is 3.45. The summed E-state index contributed by atoms with van der Waals surface area (Å²) in [5, 5.41) is 0.687. The summed E-state index contributed by atoms with van der Waals surface area (Å²) < 4.78 is 6.70. The standard InChI is InChI=1S/C22H25N3O2S.ClH/c1-4-27-18-11-8-12-19-21(18)23-22(28-19)25(16-15-24(2)3)20(26)14-13-17-9-6-5-7-10-17;/h5-14H,4,15-16H2,1-3H3;1H. The minimum atomic E-state index is -0.0808. The number of hydrogen-bond donors (Lipinski definition) is 0. The monoisotopic (exact) mass is 431 g/mol. The zero-order valence-electron chi connectivity index (χ0n) is 16.9. The highest BCUT2D eigenvalue weighted by Crippen LogP contribution is 2.34. The van der Waals surface area contributed by atoms with Gasteiger partial charge in [0, 0.05) is 19.2 Å². The molecule has 2 aromatic carbocycles. The predicted molar refractivity (Wildman–Crippen MR) is 124 cm³/mol. The van der Waals surface area contributed by atoms with Gasteiger partial charge in [0.15, 0.2) is 5.13 Å². The van der Waals surface area contributed by atoms with Crippen LogP contribution in [0.5, 0.6) is 5.75 Å². The zero-order chi connectivity index (χ0) is 19.9. The SMILES string of the molecule is CCOc1cccc2sc(N(CCN(C)C)C(=O)C=Cc3ccccc3)nc12.Cl. The number of anilines is 1. The van der Waals surface area contributed by atoms with Crippen molar-refractivity contribution in [3.05, 3.63) is 60.2 Å². The maximum atomic E-state index is 13.0. The number of benzene rings is 2. The molecule has 0 radical (unpaired) electrons. The van der Waals surface area contributed by atoms with E-state index in [9.17, 15) is 4.79 Å². The maximum absolute atomic E-state index is 13.0. The first-order chi connectivity index (χ1) is 13.6. The lowest BCUT2D eigenvalue weighted by Gasteiger charge is -2.20. The molecule has 1 amide bonds. The van der Waals surface area contributed by atoms with Crippen molar-refractivity contribution in [1.29, 1.82) is 0 Å². The van der Waals surface area contributed by atoms with E-state index in [-0.39, 0.29) is 18.3 Å². The fraction of sp³-hybridized carbons (Fsp3) is 0.273. The van der Waals surface area contributed by atoms with Crippen LogP contribution >= 0.6 is 23.7 Å².